The molecule has 0 amide bonds. The number of ether oxygens (including phenoxy) is 4. The molecule has 0 aromatic heterocycles. The Balaban J connectivity index is 5.13. The Labute approximate surface area is 562 Å². The summed E-state index contributed by atoms with van der Waals surface area (Å²) in [5.41, 5.74) is 0. The van der Waals surface area contributed by atoms with E-state index in [-0.39, 0.29) is 25.7 Å². The van der Waals surface area contributed by atoms with Crippen molar-refractivity contribution in [3.05, 3.63) is 0 Å². The molecule has 0 fully saturated rings. The minimum Gasteiger partial charge on any atom is -0.462 e. The minimum atomic E-state index is -4.95. The second kappa shape index (κ2) is 67.6. The number of esters is 4. The van der Waals surface area contributed by atoms with Gasteiger partial charge in [-0.1, -0.05) is 336 Å². The third kappa shape index (κ3) is 66.7. The van der Waals surface area contributed by atoms with Gasteiger partial charge in [0.05, 0.1) is 26.4 Å². The van der Waals surface area contributed by atoms with E-state index < -0.39 is 97.5 Å². The molecule has 0 aromatic rings. The fourth-order valence-electron chi connectivity index (χ4n) is 11.2. The van der Waals surface area contributed by atoms with Gasteiger partial charge in [0.25, 0.3) is 0 Å². The zero-order valence-electron chi connectivity index (χ0n) is 59.5. The maximum atomic E-state index is 13.1. The van der Waals surface area contributed by atoms with Crippen LogP contribution < -0.4 is 0 Å². The Morgan fingerprint density at radius 2 is 0.435 bits per heavy atom. The Bertz CT molecular complexity index is 1760. The van der Waals surface area contributed by atoms with Gasteiger partial charge >= 0.3 is 39.5 Å². The van der Waals surface area contributed by atoms with Crippen molar-refractivity contribution in [1.82, 2.24) is 0 Å². The molecule has 0 radical (unpaired) electrons. The van der Waals surface area contributed by atoms with Crippen LogP contribution in [0.3, 0.4) is 0 Å². The number of rotatable bonds is 74. The van der Waals surface area contributed by atoms with Gasteiger partial charge in [-0.2, -0.15) is 0 Å². The molecule has 0 heterocycles. The van der Waals surface area contributed by atoms with Gasteiger partial charge < -0.3 is 33.8 Å². The maximum absolute atomic E-state index is 13.1. The van der Waals surface area contributed by atoms with Crippen LogP contribution in [0.2, 0.25) is 0 Å². The summed E-state index contributed by atoms with van der Waals surface area (Å²) in [6.45, 7) is 4.91. The van der Waals surface area contributed by atoms with Gasteiger partial charge in [0.1, 0.15) is 19.3 Å². The topological polar surface area (TPSA) is 237 Å². The molecule has 0 bridgehead atoms. The first-order valence-electron chi connectivity index (χ1n) is 38.3. The van der Waals surface area contributed by atoms with E-state index in [9.17, 15) is 43.2 Å². The Morgan fingerprint density at radius 1 is 0.261 bits per heavy atom. The molecule has 0 aliphatic rings. The lowest BCUT2D eigenvalue weighted by Gasteiger charge is -2.21. The van der Waals surface area contributed by atoms with Crippen LogP contribution in [0.1, 0.15) is 387 Å². The first-order valence-corrected chi connectivity index (χ1v) is 41.3. The summed E-state index contributed by atoms with van der Waals surface area (Å²) in [7, 11) is -9.89. The van der Waals surface area contributed by atoms with Gasteiger partial charge in [-0.15, -0.1) is 0 Å². The zero-order valence-corrected chi connectivity index (χ0v) is 61.3. The van der Waals surface area contributed by atoms with Crippen molar-refractivity contribution in [2.24, 2.45) is 0 Å². The number of unbranched alkanes of at least 4 members (excludes halogenated alkanes) is 48. The molecule has 3 N–H and O–H groups in total. The number of hydrogen-bond acceptors (Lipinski definition) is 15. The van der Waals surface area contributed by atoms with E-state index in [0.717, 1.165) is 103 Å². The van der Waals surface area contributed by atoms with E-state index in [4.69, 9.17) is 37.0 Å². The van der Waals surface area contributed by atoms with Crippen molar-refractivity contribution < 1.29 is 80.2 Å². The van der Waals surface area contributed by atoms with Gasteiger partial charge in [0.2, 0.25) is 0 Å². The standard InChI is InChI=1S/C73H142O17P2/c1-5-9-13-17-21-25-27-29-31-32-33-34-35-36-38-40-42-44-48-52-56-60-73(78)90-69(64-84-71(76)58-54-50-47-43-41-39-37-30-28-26-22-18-14-10-6-2)66-88-92(81,82)86-62-67(74)61-85-91(79,80)87-65-68(89-72(77)59-55-51-46-24-20-16-12-8-4)63-83-70(75)57-53-49-45-23-19-15-11-7-3/h67-69,74H,5-66H2,1-4H3,(H,79,80)(H,81,82)/t67-,68+,69+/m0/s1. The highest BCUT2D eigenvalue weighted by Crippen LogP contribution is 2.45. The van der Waals surface area contributed by atoms with Crippen LogP contribution >= 0.6 is 15.6 Å². The molecule has 2 unspecified atom stereocenters. The molecule has 0 aromatic carbocycles. The fourth-order valence-corrected chi connectivity index (χ4v) is 12.8. The highest BCUT2D eigenvalue weighted by Gasteiger charge is 2.30. The summed E-state index contributed by atoms with van der Waals surface area (Å²) in [6, 6.07) is 0. The van der Waals surface area contributed by atoms with E-state index in [2.05, 4.69) is 27.7 Å². The second-order valence-electron chi connectivity index (χ2n) is 26.3. The van der Waals surface area contributed by atoms with E-state index in [0.29, 0.717) is 25.7 Å². The molecule has 0 rings (SSSR count). The summed E-state index contributed by atoms with van der Waals surface area (Å²) in [6.07, 6.45) is 57.2. The van der Waals surface area contributed by atoms with Crippen molar-refractivity contribution in [2.75, 3.05) is 39.6 Å². The van der Waals surface area contributed by atoms with Crippen LogP contribution in [-0.2, 0) is 65.4 Å². The minimum absolute atomic E-state index is 0.105. The molecule has 17 nitrogen and oxygen atoms in total. The molecule has 546 valence electrons. The van der Waals surface area contributed by atoms with Crippen LogP contribution in [0.15, 0.2) is 0 Å². The van der Waals surface area contributed by atoms with Crippen LogP contribution in [0.25, 0.3) is 0 Å². The Hall–Kier alpha value is -1.94. The highest BCUT2D eigenvalue weighted by molar-refractivity contribution is 7.47. The monoisotopic (exact) mass is 1350 g/mol. The van der Waals surface area contributed by atoms with Crippen molar-refractivity contribution in [2.45, 2.75) is 406 Å². The van der Waals surface area contributed by atoms with E-state index in [1.807, 2.05) is 0 Å². The summed E-state index contributed by atoms with van der Waals surface area (Å²) in [5.74, 6) is -2.12. The smallest absolute Gasteiger partial charge is 0.462 e. The summed E-state index contributed by atoms with van der Waals surface area (Å²) in [5, 5.41) is 10.6. The Kier molecular flexibility index (Phi) is 66.2. The predicted octanol–water partition coefficient (Wildman–Crippen LogP) is 21.4. The van der Waals surface area contributed by atoms with Gasteiger partial charge in [-0.25, -0.2) is 9.13 Å². The zero-order chi connectivity index (χ0) is 67.5. The van der Waals surface area contributed by atoms with Crippen LogP contribution in [0, 0.1) is 0 Å². The van der Waals surface area contributed by atoms with E-state index in [1.165, 1.54) is 205 Å². The van der Waals surface area contributed by atoms with Crippen molar-refractivity contribution >= 4 is 39.5 Å². The highest BCUT2D eigenvalue weighted by atomic mass is 31.2. The lowest BCUT2D eigenvalue weighted by Crippen LogP contribution is -2.30. The summed E-state index contributed by atoms with van der Waals surface area (Å²) >= 11 is 0. The third-order valence-electron chi connectivity index (χ3n) is 17.1. The molecule has 0 spiro atoms. The normalized spacial score (nSPS) is 13.9. The number of phosphoric ester groups is 2. The lowest BCUT2D eigenvalue weighted by molar-refractivity contribution is -0.161. The van der Waals surface area contributed by atoms with Gasteiger partial charge in [-0.05, 0) is 25.7 Å². The first kappa shape index (κ1) is 90.1. The lowest BCUT2D eigenvalue weighted by atomic mass is 10.0. The second-order valence-corrected chi connectivity index (χ2v) is 29.2. The molecule has 19 heteroatoms. The van der Waals surface area contributed by atoms with Gasteiger partial charge in [0.15, 0.2) is 12.2 Å². The number of aliphatic hydroxyl groups excluding tert-OH is 1. The molecule has 92 heavy (non-hydrogen) atoms. The van der Waals surface area contributed by atoms with Crippen LogP contribution in [0.5, 0.6) is 0 Å². The fraction of sp³-hybridized carbons (Fsp3) is 0.945. The molecular formula is C73H142O17P2. The molecule has 0 saturated heterocycles. The molecular weight excluding hydrogens is 1210 g/mol. The van der Waals surface area contributed by atoms with E-state index >= 15 is 0 Å². The average molecular weight is 1350 g/mol. The van der Waals surface area contributed by atoms with E-state index in [1.54, 1.807) is 0 Å². The van der Waals surface area contributed by atoms with Crippen LogP contribution in [0.4, 0.5) is 0 Å². The van der Waals surface area contributed by atoms with Crippen molar-refractivity contribution in [3.8, 4) is 0 Å². The number of carbonyl (C=O) groups excluding carboxylic acids is 4. The SMILES string of the molecule is CCCCCCCCCCCCCCCCCCCCCCCC(=O)O[C@H](COC(=O)CCCCCCCCCCCCCCCCC)COP(=O)(O)OC[C@@H](O)COP(=O)(O)OC[C@@H](COC(=O)CCCCCCCCCC)OC(=O)CCCCCCCCCC. The quantitative estimate of drug-likeness (QED) is 0.0222. The number of hydrogen-bond donors (Lipinski definition) is 3. The average Bonchev–Trinajstić information content (AvgIpc) is 3.24. The molecule has 0 aliphatic carbocycles. The van der Waals surface area contributed by atoms with Crippen molar-refractivity contribution in [3.63, 3.8) is 0 Å². The Morgan fingerprint density at radius 3 is 0.641 bits per heavy atom. The van der Waals surface area contributed by atoms with Gasteiger partial charge in [0, 0.05) is 25.7 Å². The third-order valence-corrected chi connectivity index (χ3v) is 19.0. The number of aliphatic hydroxyl groups is 1. The largest absolute Gasteiger partial charge is 0.472 e. The van der Waals surface area contributed by atoms with Crippen molar-refractivity contribution in [1.29, 1.82) is 0 Å². The van der Waals surface area contributed by atoms with Crippen LogP contribution in [-0.4, -0.2) is 96.7 Å². The number of phosphoric acid groups is 2. The maximum Gasteiger partial charge on any atom is 0.472 e. The van der Waals surface area contributed by atoms with Gasteiger partial charge in [-0.3, -0.25) is 37.3 Å². The predicted molar refractivity (Wildman–Crippen MR) is 372 cm³/mol. The molecule has 0 aliphatic heterocycles. The first-order chi connectivity index (χ1) is 44.7. The number of carbonyl (C=O) groups is 4. The summed E-state index contributed by atoms with van der Waals surface area (Å²) in [4.78, 5) is 72.4. The molecule has 5 atom stereocenters. The summed E-state index contributed by atoms with van der Waals surface area (Å²) < 4.78 is 68.2. The molecule has 0 saturated carbocycles.